The minimum absolute atomic E-state index is 0.189. The molecule has 2 bridgehead atoms. The molecule has 0 aromatic rings. The van der Waals surface area contributed by atoms with Gasteiger partial charge in [0.15, 0.2) is 0 Å². The second-order valence-electron chi connectivity index (χ2n) is 2.79. The minimum Gasteiger partial charge on any atom is -0.372 e. The molecule has 0 radical (unpaired) electrons. The minimum atomic E-state index is 0.189. The summed E-state index contributed by atoms with van der Waals surface area (Å²) in [6, 6.07) is 0. The van der Waals surface area contributed by atoms with Crippen LogP contribution in [-0.2, 0) is 4.74 Å². The monoisotopic (exact) mass is 131 g/mol. The summed E-state index contributed by atoms with van der Waals surface area (Å²) < 4.78 is 17.9. The van der Waals surface area contributed by atoms with Gasteiger partial charge in [-0.3, -0.25) is 0 Å². The highest BCUT2D eigenvalue weighted by Gasteiger charge is 2.33. The average molecular weight is 131 g/mol. The Morgan fingerprint density at radius 2 is 1.78 bits per heavy atom. The van der Waals surface area contributed by atoms with E-state index < -0.39 is 0 Å². The summed E-state index contributed by atoms with van der Waals surface area (Å²) in [7, 11) is 0. The summed E-state index contributed by atoms with van der Waals surface area (Å²) in [5.41, 5.74) is 0. The molecule has 0 aromatic carbocycles. The van der Waals surface area contributed by atoms with E-state index in [4.69, 9.17) is 4.74 Å². The molecule has 2 aliphatic rings. The van der Waals surface area contributed by atoms with E-state index in [0.717, 1.165) is 18.0 Å². The Bertz CT molecular complexity index is 108. The van der Waals surface area contributed by atoms with Gasteiger partial charge >= 0.3 is 0 Å². The van der Waals surface area contributed by atoms with Crippen LogP contribution in [0.5, 0.6) is 0 Å². The SMILES string of the molecule is FN1CC2CCC(C1)O2. The van der Waals surface area contributed by atoms with Gasteiger partial charge in [-0.1, -0.05) is 0 Å². The van der Waals surface area contributed by atoms with Crippen molar-refractivity contribution in [3.05, 3.63) is 0 Å². The summed E-state index contributed by atoms with van der Waals surface area (Å²) in [6.45, 7) is 0.965. The molecule has 0 amide bonds. The van der Waals surface area contributed by atoms with Gasteiger partial charge in [-0.05, 0) is 12.8 Å². The largest absolute Gasteiger partial charge is 0.372 e. The summed E-state index contributed by atoms with van der Waals surface area (Å²) in [4.78, 5) is 0. The van der Waals surface area contributed by atoms with Crippen molar-refractivity contribution in [3.63, 3.8) is 0 Å². The standard InChI is InChI=1S/C6H10FNO/c7-8-3-5-1-2-6(4-8)9-5/h5-6H,1-4H2. The summed E-state index contributed by atoms with van der Waals surface area (Å²) in [5, 5.41) is 0.867. The first-order chi connectivity index (χ1) is 4.34. The fraction of sp³-hybridized carbons (Fsp3) is 1.00. The lowest BCUT2D eigenvalue weighted by atomic mass is 10.2. The highest BCUT2D eigenvalue weighted by molar-refractivity contribution is 4.81. The Hall–Kier alpha value is -0.150. The van der Waals surface area contributed by atoms with Crippen LogP contribution in [-0.4, -0.2) is 30.4 Å². The normalized spacial score (nSPS) is 43.7. The maximum absolute atomic E-state index is 12.5. The van der Waals surface area contributed by atoms with Gasteiger partial charge in [0.05, 0.1) is 25.3 Å². The van der Waals surface area contributed by atoms with Crippen LogP contribution in [0.4, 0.5) is 4.48 Å². The predicted molar refractivity (Wildman–Crippen MR) is 30.6 cm³/mol. The lowest BCUT2D eigenvalue weighted by Gasteiger charge is -2.24. The molecule has 2 aliphatic heterocycles. The fourth-order valence-electron chi connectivity index (χ4n) is 1.57. The van der Waals surface area contributed by atoms with Crippen LogP contribution >= 0.6 is 0 Å². The molecule has 0 aromatic heterocycles. The quantitative estimate of drug-likeness (QED) is 0.449. The van der Waals surface area contributed by atoms with Crippen molar-refractivity contribution in [2.75, 3.05) is 13.1 Å². The summed E-state index contributed by atoms with van der Waals surface area (Å²) in [5.74, 6) is 0. The topological polar surface area (TPSA) is 12.5 Å². The van der Waals surface area contributed by atoms with Crippen LogP contribution in [0.2, 0.25) is 0 Å². The molecule has 2 heterocycles. The number of nitrogens with zero attached hydrogens (tertiary/aromatic N) is 1. The molecule has 3 heteroatoms. The Morgan fingerprint density at radius 1 is 1.22 bits per heavy atom. The van der Waals surface area contributed by atoms with Gasteiger partial charge in [0.1, 0.15) is 0 Å². The first-order valence-electron chi connectivity index (χ1n) is 3.41. The highest BCUT2D eigenvalue weighted by Crippen LogP contribution is 2.25. The third kappa shape index (κ3) is 0.946. The smallest absolute Gasteiger partial charge is 0.0733 e. The Labute approximate surface area is 53.5 Å². The van der Waals surface area contributed by atoms with Crippen molar-refractivity contribution in [2.45, 2.75) is 25.0 Å². The van der Waals surface area contributed by atoms with E-state index in [1.54, 1.807) is 0 Å². The summed E-state index contributed by atoms with van der Waals surface area (Å²) in [6.07, 6.45) is 2.47. The molecule has 2 fully saturated rings. The van der Waals surface area contributed by atoms with Crippen molar-refractivity contribution >= 4 is 0 Å². The van der Waals surface area contributed by atoms with Crippen LogP contribution in [0, 0.1) is 0 Å². The van der Waals surface area contributed by atoms with Crippen LogP contribution in [0.3, 0.4) is 0 Å². The number of fused-ring (bicyclic) bond motifs is 2. The molecular formula is C6H10FNO. The van der Waals surface area contributed by atoms with Gasteiger partial charge in [-0.2, -0.15) is 0 Å². The second kappa shape index (κ2) is 1.92. The van der Waals surface area contributed by atoms with Crippen molar-refractivity contribution in [3.8, 4) is 0 Å². The van der Waals surface area contributed by atoms with Gasteiger partial charge in [0.2, 0.25) is 0 Å². The molecule has 9 heavy (non-hydrogen) atoms. The van der Waals surface area contributed by atoms with Crippen molar-refractivity contribution in [2.24, 2.45) is 0 Å². The molecule has 0 spiro atoms. The van der Waals surface area contributed by atoms with Gasteiger partial charge in [-0.15, -0.1) is 9.60 Å². The first kappa shape index (κ1) is 5.62. The van der Waals surface area contributed by atoms with Gasteiger partial charge in [0, 0.05) is 0 Å². The number of rotatable bonds is 0. The van der Waals surface area contributed by atoms with Crippen molar-refractivity contribution in [1.82, 2.24) is 5.12 Å². The molecule has 2 rings (SSSR count). The Kier molecular flexibility index (Phi) is 1.20. The van der Waals surface area contributed by atoms with Gasteiger partial charge in [0.25, 0.3) is 0 Å². The van der Waals surface area contributed by atoms with Gasteiger partial charge < -0.3 is 4.74 Å². The number of morpholine rings is 1. The highest BCUT2D eigenvalue weighted by atomic mass is 19.2. The molecule has 2 saturated heterocycles. The molecule has 2 nitrogen and oxygen atoms in total. The third-order valence-corrected chi connectivity index (χ3v) is 2.00. The average Bonchev–Trinajstić information content (AvgIpc) is 2.11. The second-order valence-corrected chi connectivity index (χ2v) is 2.79. The molecule has 52 valence electrons. The van der Waals surface area contributed by atoms with Crippen LogP contribution in [0.15, 0.2) is 0 Å². The molecular weight excluding hydrogens is 121 g/mol. The zero-order valence-electron chi connectivity index (χ0n) is 5.22. The number of ether oxygens (including phenoxy) is 1. The van der Waals surface area contributed by atoms with E-state index in [1.807, 2.05) is 0 Å². The maximum Gasteiger partial charge on any atom is 0.0733 e. The van der Waals surface area contributed by atoms with Crippen LogP contribution < -0.4 is 0 Å². The van der Waals surface area contributed by atoms with Crippen molar-refractivity contribution < 1.29 is 9.22 Å². The molecule has 0 aliphatic carbocycles. The van der Waals surface area contributed by atoms with Gasteiger partial charge in [-0.25, -0.2) is 0 Å². The Balaban J connectivity index is 2.03. The van der Waals surface area contributed by atoms with E-state index >= 15 is 0 Å². The number of hydrogen-bond acceptors (Lipinski definition) is 2. The molecule has 0 saturated carbocycles. The van der Waals surface area contributed by atoms with E-state index in [9.17, 15) is 4.48 Å². The van der Waals surface area contributed by atoms with Crippen LogP contribution in [0.1, 0.15) is 12.8 Å². The lowest BCUT2D eigenvalue weighted by molar-refractivity contribution is -0.114. The number of halogens is 1. The molecule has 2 atom stereocenters. The Morgan fingerprint density at radius 3 is 2.33 bits per heavy atom. The first-order valence-corrected chi connectivity index (χ1v) is 3.41. The number of hydrogen-bond donors (Lipinski definition) is 0. The summed E-state index contributed by atoms with van der Waals surface area (Å²) >= 11 is 0. The van der Waals surface area contributed by atoms with E-state index in [2.05, 4.69) is 0 Å². The zero-order chi connectivity index (χ0) is 6.27. The predicted octanol–water partition coefficient (Wildman–Crippen LogP) is 0.734. The maximum atomic E-state index is 12.5. The van der Waals surface area contributed by atoms with E-state index in [-0.39, 0.29) is 12.2 Å². The molecule has 0 N–H and O–H groups in total. The molecule has 2 unspecified atom stereocenters. The lowest BCUT2D eigenvalue weighted by Crippen LogP contribution is -2.37. The van der Waals surface area contributed by atoms with E-state index in [0.29, 0.717) is 13.1 Å². The van der Waals surface area contributed by atoms with Crippen LogP contribution in [0.25, 0.3) is 0 Å². The zero-order valence-corrected chi connectivity index (χ0v) is 5.22. The fourth-order valence-corrected chi connectivity index (χ4v) is 1.57. The third-order valence-electron chi connectivity index (χ3n) is 2.00. The van der Waals surface area contributed by atoms with Crippen molar-refractivity contribution in [1.29, 1.82) is 0 Å². The van der Waals surface area contributed by atoms with E-state index in [1.165, 1.54) is 0 Å².